The molecule has 0 bridgehead atoms. The highest BCUT2D eigenvalue weighted by Gasteiger charge is 2.68. The third kappa shape index (κ3) is 3.08. The molecule has 6 heteroatoms. The number of esters is 1. The smallest absolute Gasteiger partial charge is 0.302 e. The zero-order valence-corrected chi connectivity index (χ0v) is 18.0. The summed E-state index contributed by atoms with van der Waals surface area (Å²) in [7, 11) is 0. The Bertz CT molecular complexity index is 653. The van der Waals surface area contributed by atoms with Gasteiger partial charge in [0, 0.05) is 12.3 Å². The molecule has 4 saturated carbocycles. The molecule has 4 rings (SSSR count). The van der Waals surface area contributed by atoms with E-state index in [0.29, 0.717) is 24.7 Å². The average Bonchev–Trinajstić information content (AvgIpc) is 2.91. The SMILES string of the molecule is CC(=O)OCC(O)[C@@]1(O)CC[C@H]2[C@@H]3CC[C@@H]4C[C@H](O)CC[C@]4(C)[C@H]3[C@@H](O)C[C@@]21C. The minimum Gasteiger partial charge on any atom is -0.463 e. The Labute approximate surface area is 173 Å². The number of aliphatic hydroxyl groups excluding tert-OH is 3. The van der Waals surface area contributed by atoms with Gasteiger partial charge in [-0.25, -0.2) is 0 Å². The van der Waals surface area contributed by atoms with E-state index in [0.717, 1.165) is 38.5 Å². The van der Waals surface area contributed by atoms with Crippen molar-refractivity contribution in [2.24, 2.45) is 34.5 Å². The standard InChI is InChI=1S/C23H38O6/c1-13(24)29-12-19(27)23(28)9-7-17-16-5-4-14-10-15(25)6-8-21(14,2)20(16)18(26)11-22(17,23)3/h14-20,25-28H,4-12H2,1-3H3/t14-,15-,16+,17+,18+,19?,20-,21+,22+,23+/m1/s1. The maximum absolute atomic E-state index is 11.6. The highest BCUT2D eigenvalue weighted by molar-refractivity contribution is 5.65. The van der Waals surface area contributed by atoms with E-state index in [1.54, 1.807) is 0 Å². The molecule has 0 amide bonds. The van der Waals surface area contributed by atoms with Crippen LogP contribution < -0.4 is 0 Å². The summed E-state index contributed by atoms with van der Waals surface area (Å²) in [5.74, 6) is 0.704. The zero-order valence-electron chi connectivity index (χ0n) is 18.0. The molecule has 4 fully saturated rings. The van der Waals surface area contributed by atoms with Crippen molar-refractivity contribution in [3.8, 4) is 0 Å². The van der Waals surface area contributed by atoms with E-state index < -0.39 is 29.2 Å². The summed E-state index contributed by atoms with van der Waals surface area (Å²) in [6.07, 6.45) is 4.48. The summed E-state index contributed by atoms with van der Waals surface area (Å²) in [6.45, 7) is 5.41. The molecule has 0 aromatic rings. The van der Waals surface area contributed by atoms with Gasteiger partial charge in [-0.3, -0.25) is 4.79 Å². The highest BCUT2D eigenvalue weighted by atomic mass is 16.5. The second kappa shape index (κ2) is 7.18. The third-order valence-corrected chi connectivity index (χ3v) is 9.78. The minimum atomic E-state index is -1.36. The first-order valence-corrected chi connectivity index (χ1v) is 11.4. The van der Waals surface area contributed by atoms with Crippen molar-refractivity contribution in [2.45, 2.75) is 96.1 Å². The van der Waals surface area contributed by atoms with Crippen molar-refractivity contribution in [3.63, 3.8) is 0 Å². The maximum atomic E-state index is 11.6. The molecule has 166 valence electrons. The number of hydrogen-bond donors (Lipinski definition) is 4. The second-order valence-electron chi connectivity index (χ2n) is 11.0. The summed E-state index contributed by atoms with van der Waals surface area (Å²) >= 11 is 0. The number of fused-ring (bicyclic) bond motifs is 5. The van der Waals surface area contributed by atoms with Crippen LogP contribution in [-0.2, 0) is 9.53 Å². The van der Waals surface area contributed by atoms with Gasteiger partial charge in [0.1, 0.15) is 12.7 Å². The quantitative estimate of drug-likeness (QED) is 0.530. The van der Waals surface area contributed by atoms with E-state index in [4.69, 9.17) is 4.74 Å². The predicted molar refractivity (Wildman–Crippen MR) is 107 cm³/mol. The molecule has 1 unspecified atom stereocenters. The molecule has 10 atom stereocenters. The molecule has 6 nitrogen and oxygen atoms in total. The van der Waals surface area contributed by atoms with Gasteiger partial charge in [-0.1, -0.05) is 13.8 Å². The van der Waals surface area contributed by atoms with Crippen molar-refractivity contribution in [2.75, 3.05) is 6.61 Å². The van der Waals surface area contributed by atoms with Gasteiger partial charge in [0.25, 0.3) is 0 Å². The number of hydrogen-bond acceptors (Lipinski definition) is 6. The van der Waals surface area contributed by atoms with Gasteiger partial charge in [0.05, 0.1) is 17.8 Å². The Morgan fingerprint density at radius 3 is 2.55 bits per heavy atom. The zero-order chi connectivity index (χ0) is 21.2. The Hall–Kier alpha value is -0.690. The van der Waals surface area contributed by atoms with Crippen LogP contribution in [0.2, 0.25) is 0 Å². The van der Waals surface area contributed by atoms with Gasteiger partial charge in [0.15, 0.2) is 0 Å². The van der Waals surface area contributed by atoms with Crippen molar-refractivity contribution in [1.29, 1.82) is 0 Å². The Kier molecular flexibility index (Phi) is 5.33. The molecule has 0 aromatic heterocycles. The molecule has 0 aromatic carbocycles. The Morgan fingerprint density at radius 1 is 1.14 bits per heavy atom. The number of carbonyl (C=O) groups excluding carboxylic acids is 1. The van der Waals surface area contributed by atoms with Crippen molar-refractivity contribution >= 4 is 5.97 Å². The van der Waals surface area contributed by atoms with E-state index in [9.17, 15) is 25.2 Å². The largest absolute Gasteiger partial charge is 0.463 e. The summed E-state index contributed by atoms with van der Waals surface area (Å²) in [5, 5.41) is 43.9. The van der Waals surface area contributed by atoms with E-state index in [-0.39, 0.29) is 30.0 Å². The van der Waals surface area contributed by atoms with Crippen LogP contribution in [0.15, 0.2) is 0 Å². The molecule has 4 aliphatic carbocycles. The lowest BCUT2D eigenvalue weighted by atomic mass is 9.43. The highest BCUT2D eigenvalue weighted by Crippen LogP contribution is 2.68. The maximum Gasteiger partial charge on any atom is 0.302 e. The normalized spacial score (nSPS) is 52.8. The van der Waals surface area contributed by atoms with E-state index in [1.165, 1.54) is 6.92 Å². The minimum absolute atomic E-state index is 0.0277. The molecule has 29 heavy (non-hydrogen) atoms. The monoisotopic (exact) mass is 410 g/mol. The van der Waals surface area contributed by atoms with Gasteiger partial charge < -0.3 is 25.2 Å². The van der Waals surface area contributed by atoms with Gasteiger partial charge in [-0.2, -0.15) is 0 Å². The predicted octanol–water partition coefficient (Wildman–Crippen LogP) is 2.02. The number of ether oxygens (including phenoxy) is 1. The first kappa shape index (κ1) is 21.5. The second-order valence-corrected chi connectivity index (χ2v) is 11.0. The topological polar surface area (TPSA) is 107 Å². The first-order valence-electron chi connectivity index (χ1n) is 11.4. The van der Waals surface area contributed by atoms with Gasteiger partial charge in [0.2, 0.25) is 0 Å². The fraction of sp³-hybridized carbons (Fsp3) is 0.957. The molecular formula is C23H38O6. The van der Waals surface area contributed by atoms with Crippen LogP contribution in [-0.4, -0.2) is 56.9 Å². The lowest BCUT2D eigenvalue weighted by molar-refractivity contribution is -0.225. The molecule has 0 heterocycles. The summed E-state index contributed by atoms with van der Waals surface area (Å²) in [4.78, 5) is 11.2. The van der Waals surface area contributed by atoms with Crippen LogP contribution >= 0.6 is 0 Å². The molecule has 0 radical (unpaired) electrons. The lowest BCUT2D eigenvalue weighted by Crippen LogP contribution is -2.64. The van der Waals surface area contributed by atoms with E-state index >= 15 is 0 Å². The lowest BCUT2D eigenvalue weighted by Gasteiger charge is -2.63. The van der Waals surface area contributed by atoms with Crippen LogP contribution in [0.1, 0.15) is 72.1 Å². The fourth-order valence-electron chi connectivity index (χ4n) is 8.28. The van der Waals surface area contributed by atoms with Gasteiger partial charge >= 0.3 is 5.97 Å². The first-order chi connectivity index (χ1) is 13.5. The van der Waals surface area contributed by atoms with Crippen LogP contribution in [0.4, 0.5) is 0 Å². The van der Waals surface area contributed by atoms with Crippen molar-refractivity contribution < 1.29 is 30.0 Å². The van der Waals surface area contributed by atoms with Gasteiger partial charge in [-0.15, -0.1) is 0 Å². The molecule has 0 aliphatic heterocycles. The summed E-state index contributed by atoms with van der Waals surface area (Å²) in [5.41, 5.74) is -1.94. The van der Waals surface area contributed by atoms with Crippen LogP contribution in [0.5, 0.6) is 0 Å². The molecule has 0 spiro atoms. The third-order valence-electron chi connectivity index (χ3n) is 9.78. The summed E-state index contributed by atoms with van der Waals surface area (Å²) in [6, 6.07) is 0. The average molecular weight is 411 g/mol. The Balaban J connectivity index is 1.61. The van der Waals surface area contributed by atoms with Crippen LogP contribution in [0.25, 0.3) is 0 Å². The van der Waals surface area contributed by atoms with E-state index in [1.807, 2.05) is 6.92 Å². The summed E-state index contributed by atoms with van der Waals surface area (Å²) < 4.78 is 5.00. The molecular weight excluding hydrogens is 372 g/mol. The van der Waals surface area contributed by atoms with Crippen molar-refractivity contribution in [3.05, 3.63) is 0 Å². The molecule has 4 N–H and O–H groups in total. The van der Waals surface area contributed by atoms with Gasteiger partial charge in [-0.05, 0) is 80.5 Å². The van der Waals surface area contributed by atoms with Crippen LogP contribution in [0.3, 0.4) is 0 Å². The van der Waals surface area contributed by atoms with Crippen LogP contribution in [0, 0.1) is 34.5 Å². The molecule has 4 aliphatic rings. The number of aliphatic hydroxyl groups is 4. The molecule has 0 saturated heterocycles. The fourth-order valence-corrected chi connectivity index (χ4v) is 8.28. The number of carbonyl (C=O) groups is 1. The van der Waals surface area contributed by atoms with Crippen molar-refractivity contribution in [1.82, 2.24) is 0 Å². The Morgan fingerprint density at radius 2 is 1.86 bits per heavy atom. The number of rotatable bonds is 3. The van der Waals surface area contributed by atoms with E-state index in [2.05, 4.69) is 6.92 Å².